The maximum Gasteiger partial charge on any atom is 0.226 e. The predicted octanol–water partition coefficient (Wildman–Crippen LogP) is 3.46. The van der Waals surface area contributed by atoms with Crippen LogP contribution in [-0.2, 0) is 9.53 Å². The Morgan fingerprint density at radius 2 is 2.26 bits per heavy atom. The van der Waals surface area contributed by atoms with E-state index in [4.69, 9.17) is 22.1 Å². The lowest BCUT2D eigenvalue weighted by molar-refractivity contribution is -0.117. The van der Waals surface area contributed by atoms with Crippen LogP contribution >= 0.6 is 11.6 Å². The zero-order chi connectivity index (χ0) is 14.3. The van der Waals surface area contributed by atoms with Crippen LogP contribution < -0.4 is 11.1 Å². The van der Waals surface area contributed by atoms with Crippen LogP contribution in [0.2, 0.25) is 5.02 Å². The van der Waals surface area contributed by atoms with Crippen molar-refractivity contribution in [1.82, 2.24) is 0 Å². The molecule has 0 aromatic heterocycles. The minimum atomic E-state index is -0.115. The van der Waals surface area contributed by atoms with Gasteiger partial charge in [-0.2, -0.15) is 0 Å². The van der Waals surface area contributed by atoms with Gasteiger partial charge in [0.15, 0.2) is 0 Å². The Kier molecular flexibility index (Phi) is 6.67. The number of amides is 1. The number of nitrogen functional groups attached to an aromatic ring is 1. The van der Waals surface area contributed by atoms with E-state index in [1.807, 2.05) is 6.92 Å². The maximum absolute atomic E-state index is 11.7. The van der Waals surface area contributed by atoms with Crippen molar-refractivity contribution in [3.8, 4) is 0 Å². The van der Waals surface area contributed by atoms with E-state index in [1.165, 1.54) is 0 Å². The molecule has 1 aromatic rings. The molecule has 0 aliphatic carbocycles. The summed E-state index contributed by atoms with van der Waals surface area (Å²) in [4.78, 5) is 11.7. The topological polar surface area (TPSA) is 64.3 Å². The van der Waals surface area contributed by atoms with Crippen LogP contribution in [-0.4, -0.2) is 18.6 Å². The Balaban J connectivity index is 2.35. The molecule has 1 aromatic carbocycles. The second-order valence-corrected chi connectivity index (χ2v) is 4.91. The van der Waals surface area contributed by atoms with E-state index in [2.05, 4.69) is 12.2 Å². The SMILES string of the molecule is CCCC(C)OCCC(=O)Nc1ccc(N)cc1Cl. The van der Waals surface area contributed by atoms with Crippen molar-refractivity contribution in [3.63, 3.8) is 0 Å². The molecule has 5 heteroatoms. The highest BCUT2D eigenvalue weighted by Crippen LogP contribution is 2.24. The van der Waals surface area contributed by atoms with Crippen molar-refractivity contribution < 1.29 is 9.53 Å². The molecule has 1 atom stereocenters. The van der Waals surface area contributed by atoms with Gasteiger partial charge in [-0.3, -0.25) is 4.79 Å². The third-order valence-corrected chi connectivity index (χ3v) is 3.01. The molecule has 19 heavy (non-hydrogen) atoms. The number of halogens is 1. The summed E-state index contributed by atoms with van der Waals surface area (Å²) in [6.07, 6.45) is 2.59. The van der Waals surface area contributed by atoms with E-state index in [-0.39, 0.29) is 12.0 Å². The monoisotopic (exact) mass is 284 g/mol. The van der Waals surface area contributed by atoms with E-state index in [0.717, 1.165) is 12.8 Å². The van der Waals surface area contributed by atoms with Crippen molar-refractivity contribution in [3.05, 3.63) is 23.2 Å². The van der Waals surface area contributed by atoms with E-state index in [1.54, 1.807) is 18.2 Å². The van der Waals surface area contributed by atoms with Crippen LogP contribution in [0.5, 0.6) is 0 Å². The summed E-state index contributed by atoms with van der Waals surface area (Å²) in [5.41, 5.74) is 6.72. The molecule has 106 valence electrons. The quantitative estimate of drug-likeness (QED) is 0.754. The molecule has 0 spiro atoms. The molecule has 0 fully saturated rings. The fourth-order valence-corrected chi connectivity index (χ4v) is 1.92. The number of hydrogen-bond acceptors (Lipinski definition) is 3. The van der Waals surface area contributed by atoms with Gasteiger partial charge in [-0.25, -0.2) is 0 Å². The fraction of sp³-hybridized carbons (Fsp3) is 0.500. The minimum absolute atomic E-state index is 0.115. The van der Waals surface area contributed by atoms with E-state index in [0.29, 0.717) is 29.4 Å². The summed E-state index contributed by atoms with van der Waals surface area (Å²) in [5.74, 6) is -0.115. The number of benzene rings is 1. The summed E-state index contributed by atoms with van der Waals surface area (Å²) < 4.78 is 5.53. The zero-order valence-electron chi connectivity index (χ0n) is 11.4. The smallest absolute Gasteiger partial charge is 0.226 e. The average molecular weight is 285 g/mol. The number of nitrogens with one attached hydrogen (secondary N) is 1. The van der Waals surface area contributed by atoms with Crippen LogP contribution in [0.25, 0.3) is 0 Å². The van der Waals surface area contributed by atoms with Crippen LogP contribution in [0.3, 0.4) is 0 Å². The number of ether oxygens (including phenoxy) is 1. The van der Waals surface area contributed by atoms with E-state index < -0.39 is 0 Å². The molecule has 3 N–H and O–H groups in total. The van der Waals surface area contributed by atoms with Gasteiger partial charge in [-0.05, 0) is 31.5 Å². The Labute approximate surface area is 119 Å². The molecule has 0 saturated heterocycles. The highest BCUT2D eigenvalue weighted by molar-refractivity contribution is 6.34. The molecule has 0 saturated carbocycles. The number of rotatable bonds is 7. The van der Waals surface area contributed by atoms with Gasteiger partial charge in [-0.1, -0.05) is 24.9 Å². The molecule has 4 nitrogen and oxygen atoms in total. The molecule has 0 aliphatic rings. The largest absolute Gasteiger partial charge is 0.399 e. The number of nitrogens with two attached hydrogens (primary N) is 1. The van der Waals surface area contributed by atoms with Crippen molar-refractivity contribution >= 4 is 28.9 Å². The van der Waals surface area contributed by atoms with Crippen LogP contribution in [0.15, 0.2) is 18.2 Å². The lowest BCUT2D eigenvalue weighted by Crippen LogP contribution is -2.17. The highest BCUT2D eigenvalue weighted by Gasteiger charge is 2.07. The van der Waals surface area contributed by atoms with Crippen LogP contribution in [0, 0.1) is 0 Å². The number of carbonyl (C=O) groups excluding carboxylic acids is 1. The molecule has 0 radical (unpaired) electrons. The van der Waals surface area contributed by atoms with Crippen molar-refractivity contribution in [2.45, 2.75) is 39.2 Å². The van der Waals surface area contributed by atoms with Crippen LogP contribution in [0.4, 0.5) is 11.4 Å². The number of carbonyl (C=O) groups is 1. The van der Waals surface area contributed by atoms with Crippen molar-refractivity contribution in [2.24, 2.45) is 0 Å². The summed E-state index contributed by atoms with van der Waals surface area (Å²) in [5, 5.41) is 3.18. The average Bonchev–Trinajstić information content (AvgIpc) is 2.33. The summed E-state index contributed by atoms with van der Waals surface area (Å²) in [6, 6.07) is 4.99. The molecular formula is C14H21ClN2O2. The first kappa shape index (κ1) is 15.8. The molecule has 1 rings (SSSR count). The zero-order valence-corrected chi connectivity index (χ0v) is 12.2. The van der Waals surface area contributed by atoms with Gasteiger partial charge in [0.05, 0.1) is 29.8 Å². The Morgan fingerprint density at radius 1 is 1.53 bits per heavy atom. The predicted molar refractivity (Wildman–Crippen MR) is 79.4 cm³/mol. The normalized spacial score (nSPS) is 12.2. The van der Waals surface area contributed by atoms with Gasteiger partial charge < -0.3 is 15.8 Å². The van der Waals surface area contributed by atoms with Gasteiger partial charge in [0.25, 0.3) is 0 Å². The lowest BCUT2D eigenvalue weighted by Gasteiger charge is -2.12. The Hall–Kier alpha value is -1.26. The Bertz CT molecular complexity index is 424. The lowest BCUT2D eigenvalue weighted by atomic mass is 10.2. The van der Waals surface area contributed by atoms with Gasteiger partial charge in [0.1, 0.15) is 0 Å². The first-order valence-corrected chi connectivity index (χ1v) is 6.87. The first-order valence-electron chi connectivity index (χ1n) is 6.49. The van der Waals surface area contributed by atoms with Gasteiger partial charge >= 0.3 is 0 Å². The minimum Gasteiger partial charge on any atom is -0.399 e. The molecule has 1 amide bonds. The molecule has 0 aliphatic heterocycles. The first-order chi connectivity index (χ1) is 9.02. The third-order valence-electron chi connectivity index (χ3n) is 2.69. The van der Waals surface area contributed by atoms with E-state index >= 15 is 0 Å². The summed E-state index contributed by atoms with van der Waals surface area (Å²) in [7, 11) is 0. The van der Waals surface area contributed by atoms with Gasteiger partial charge in [0, 0.05) is 5.69 Å². The summed E-state index contributed by atoms with van der Waals surface area (Å²) >= 11 is 5.97. The van der Waals surface area contributed by atoms with Crippen LogP contribution in [0.1, 0.15) is 33.1 Å². The summed E-state index contributed by atoms with van der Waals surface area (Å²) in [6.45, 7) is 4.54. The molecule has 0 bridgehead atoms. The second kappa shape index (κ2) is 8.02. The number of hydrogen-bond donors (Lipinski definition) is 2. The Morgan fingerprint density at radius 3 is 2.89 bits per heavy atom. The molecular weight excluding hydrogens is 264 g/mol. The van der Waals surface area contributed by atoms with Crippen molar-refractivity contribution in [2.75, 3.05) is 17.7 Å². The van der Waals surface area contributed by atoms with Gasteiger partial charge in [-0.15, -0.1) is 0 Å². The highest BCUT2D eigenvalue weighted by atomic mass is 35.5. The van der Waals surface area contributed by atoms with Gasteiger partial charge in [0.2, 0.25) is 5.91 Å². The molecule has 1 unspecified atom stereocenters. The fourth-order valence-electron chi connectivity index (χ4n) is 1.69. The standard InChI is InChI=1S/C14H21ClN2O2/c1-3-4-10(2)19-8-7-14(18)17-13-6-5-11(16)9-12(13)15/h5-6,9-10H,3-4,7-8,16H2,1-2H3,(H,17,18). The molecule has 0 heterocycles. The third kappa shape index (κ3) is 5.94. The number of anilines is 2. The second-order valence-electron chi connectivity index (χ2n) is 4.51. The van der Waals surface area contributed by atoms with E-state index in [9.17, 15) is 4.79 Å². The van der Waals surface area contributed by atoms with Crippen molar-refractivity contribution in [1.29, 1.82) is 0 Å². The maximum atomic E-state index is 11.7.